The number of benzene rings is 1. The van der Waals surface area contributed by atoms with Crippen LogP contribution in [0.4, 0.5) is 0 Å². The Hall–Kier alpha value is -0.430. The van der Waals surface area contributed by atoms with Crippen molar-refractivity contribution in [2.24, 2.45) is 0 Å². The van der Waals surface area contributed by atoms with Crippen molar-refractivity contribution in [3.05, 3.63) is 28.2 Å². The average Bonchev–Trinajstić information content (AvgIpc) is 2.28. The maximum Gasteiger partial charge on any atom is 0.240 e. The van der Waals surface area contributed by atoms with Gasteiger partial charge in [-0.2, -0.15) is 0 Å². The van der Waals surface area contributed by atoms with Gasteiger partial charge < -0.3 is 4.74 Å². The third-order valence-electron chi connectivity index (χ3n) is 2.18. The van der Waals surface area contributed by atoms with E-state index in [2.05, 4.69) is 20.7 Å². The van der Waals surface area contributed by atoms with Crippen molar-refractivity contribution < 1.29 is 13.2 Å². The molecule has 0 spiro atoms. The van der Waals surface area contributed by atoms with E-state index in [4.69, 9.17) is 4.74 Å². The smallest absolute Gasteiger partial charge is 0.240 e. The predicted molar refractivity (Wildman–Crippen MR) is 70.6 cm³/mol. The number of ether oxygens (including phenoxy) is 1. The van der Waals surface area contributed by atoms with E-state index in [9.17, 15) is 8.42 Å². The van der Waals surface area contributed by atoms with E-state index in [-0.39, 0.29) is 11.4 Å². The van der Waals surface area contributed by atoms with Gasteiger partial charge >= 0.3 is 0 Å². The number of hydrogen-bond donors (Lipinski definition) is 1. The second-order valence-electron chi connectivity index (χ2n) is 3.51. The maximum absolute atomic E-state index is 11.9. The van der Waals surface area contributed by atoms with Crippen LogP contribution in [0.25, 0.3) is 0 Å². The summed E-state index contributed by atoms with van der Waals surface area (Å²) >= 11 is 3.33. The third-order valence-corrected chi connectivity index (χ3v) is 4.53. The van der Waals surface area contributed by atoms with Gasteiger partial charge in [-0.25, -0.2) is 13.1 Å². The molecular weight excluding hydrogens is 306 g/mol. The summed E-state index contributed by atoms with van der Waals surface area (Å²) in [6.07, 6.45) is 0. The Kier molecular flexibility index (Phi) is 5.58. The Morgan fingerprint density at radius 2 is 2.12 bits per heavy atom. The molecule has 0 saturated carbocycles. The van der Waals surface area contributed by atoms with Crippen LogP contribution in [-0.2, 0) is 14.8 Å². The van der Waals surface area contributed by atoms with Crippen LogP contribution in [0, 0.1) is 6.92 Å². The van der Waals surface area contributed by atoms with Gasteiger partial charge in [0.05, 0.1) is 11.5 Å². The lowest BCUT2D eigenvalue weighted by atomic mass is 10.2. The highest BCUT2D eigenvalue weighted by molar-refractivity contribution is 9.10. The van der Waals surface area contributed by atoms with Crippen LogP contribution in [-0.4, -0.2) is 28.2 Å². The molecule has 17 heavy (non-hydrogen) atoms. The van der Waals surface area contributed by atoms with Gasteiger partial charge in [0, 0.05) is 17.6 Å². The molecule has 1 aromatic rings. The fourth-order valence-electron chi connectivity index (χ4n) is 1.26. The number of halogens is 1. The highest BCUT2D eigenvalue weighted by Crippen LogP contribution is 2.19. The van der Waals surface area contributed by atoms with Crippen LogP contribution in [0.2, 0.25) is 0 Å². The summed E-state index contributed by atoms with van der Waals surface area (Å²) in [5, 5.41) is 0. The van der Waals surface area contributed by atoms with Crippen molar-refractivity contribution in [1.82, 2.24) is 4.72 Å². The number of hydrogen-bond acceptors (Lipinski definition) is 3. The Bertz CT molecular complexity index is 474. The molecule has 0 unspecified atom stereocenters. The third kappa shape index (κ3) is 4.39. The normalized spacial score (nSPS) is 11.7. The van der Waals surface area contributed by atoms with Gasteiger partial charge in [0.2, 0.25) is 10.0 Å². The van der Waals surface area contributed by atoms with Gasteiger partial charge in [-0.15, -0.1) is 0 Å². The highest BCUT2D eigenvalue weighted by atomic mass is 79.9. The van der Waals surface area contributed by atoms with E-state index >= 15 is 0 Å². The monoisotopic (exact) mass is 321 g/mol. The zero-order valence-electron chi connectivity index (χ0n) is 9.86. The zero-order valence-corrected chi connectivity index (χ0v) is 12.3. The van der Waals surface area contributed by atoms with E-state index in [1.807, 2.05) is 13.8 Å². The van der Waals surface area contributed by atoms with Crippen molar-refractivity contribution in [2.45, 2.75) is 18.7 Å². The Labute approximate surface area is 111 Å². The Morgan fingerprint density at radius 3 is 2.71 bits per heavy atom. The average molecular weight is 322 g/mol. The molecule has 1 aromatic carbocycles. The van der Waals surface area contributed by atoms with Crippen LogP contribution in [0.5, 0.6) is 0 Å². The molecule has 1 rings (SSSR count). The van der Waals surface area contributed by atoms with Crippen LogP contribution in [0.15, 0.2) is 27.6 Å². The molecule has 4 nitrogen and oxygen atoms in total. The molecule has 0 aliphatic rings. The van der Waals surface area contributed by atoms with E-state index in [1.54, 1.807) is 18.2 Å². The molecule has 0 atom stereocenters. The lowest BCUT2D eigenvalue weighted by Gasteiger charge is -2.08. The largest absolute Gasteiger partial charge is 0.380 e. The van der Waals surface area contributed by atoms with Crippen molar-refractivity contribution in [2.75, 3.05) is 19.8 Å². The summed E-state index contributed by atoms with van der Waals surface area (Å²) in [6, 6.07) is 4.93. The molecule has 0 fully saturated rings. The van der Waals surface area contributed by atoms with Crippen molar-refractivity contribution >= 4 is 26.0 Å². The first-order valence-corrected chi connectivity index (χ1v) is 7.58. The van der Waals surface area contributed by atoms with Gasteiger partial charge in [0.15, 0.2) is 0 Å². The summed E-state index contributed by atoms with van der Waals surface area (Å²) in [6.45, 7) is 4.96. The molecule has 0 bridgehead atoms. The van der Waals surface area contributed by atoms with Gasteiger partial charge in [0.25, 0.3) is 0 Å². The van der Waals surface area contributed by atoms with E-state index in [0.717, 1.165) is 10.0 Å². The molecule has 0 saturated heterocycles. The zero-order chi connectivity index (χ0) is 12.9. The number of sulfonamides is 1. The predicted octanol–water partition coefficient (Wildman–Crippen LogP) is 2.07. The quantitative estimate of drug-likeness (QED) is 0.816. The SMILES string of the molecule is CCOCCNS(=O)(=O)c1ccc(Br)c(C)c1. The van der Waals surface area contributed by atoms with Gasteiger partial charge in [-0.1, -0.05) is 15.9 Å². The number of nitrogens with one attached hydrogen (secondary N) is 1. The minimum atomic E-state index is -3.43. The topological polar surface area (TPSA) is 55.4 Å². The lowest BCUT2D eigenvalue weighted by Crippen LogP contribution is -2.27. The van der Waals surface area contributed by atoms with E-state index in [1.165, 1.54) is 0 Å². The summed E-state index contributed by atoms with van der Waals surface area (Å²) in [4.78, 5) is 0.273. The maximum atomic E-state index is 11.9. The van der Waals surface area contributed by atoms with Crippen LogP contribution < -0.4 is 4.72 Å². The molecule has 0 aromatic heterocycles. The second kappa shape index (κ2) is 6.49. The minimum Gasteiger partial charge on any atom is -0.380 e. The lowest BCUT2D eigenvalue weighted by molar-refractivity contribution is 0.153. The van der Waals surface area contributed by atoms with E-state index < -0.39 is 10.0 Å². The summed E-state index contributed by atoms with van der Waals surface area (Å²) in [7, 11) is -3.43. The van der Waals surface area contributed by atoms with Gasteiger partial charge in [-0.3, -0.25) is 0 Å². The number of rotatable bonds is 6. The fourth-order valence-corrected chi connectivity index (χ4v) is 2.60. The first-order valence-electron chi connectivity index (χ1n) is 5.31. The standard InChI is InChI=1S/C11H16BrNO3S/c1-3-16-7-6-13-17(14,15)10-4-5-11(12)9(2)8-10/h4-5,8,13H,3,6-7H2,1-2H3. The molecule has 6 heteroatoms. The molecule has 0 aliphatic carbocycles. The summed E-state index contributed by atoms with van der Waals surface area (Å²) in [5.74, 6) is 0. The molecule has 96 valence electrons. The first-order chi connectivity index (χ1) is 7.97. The molecule has 1 N–H and O–H groups in total. The first kappa shape index (κ1) is 14.6. The molecule has 0 amide bonds. The molecular formula is C11H16BrNO3S. The van der Waals surface area contributed by atoms with Crippen LogP contribution in [0.3, 0.4) is 0 Å². The van der Waals surface area contributed by atoms with Gasteiger partial charge in [-0.05, 0) is 37.6 Å². The number of aryl methyl sites for hydroxylation is 1. The summed E-state index contributed by atoms with van der Waals surface area (Å²) < 4.78 is 32.2. The van der Waals surface area contributed by atoms with E-state index in [0.29, 0.717) is 13.2 Å². The minimum absolute atomic E-state index is 0.273. The van der Waals surface area contributed by atoms with Crippen molar-refractivity contribution in [3.8, 4) is 0 Å². The fraction of sp³-hybridized carbons (Fsp3) is 0.455. The molecule has 0 heterocycles. The molecule has 0 radical (unpaired) electrons. The summed E-state index contributed by atoms with van der Waals surface area (Å²) in [5.41, 5.74) is 0.887. The van der Waals surface area contributed by atoms with Crippen LogP contribution in [0.1, 0.15) is 12.5 Å². The van der Waals surface area contributed by atoms with Gasteiger partial charge in [0.1, 0.15) is 0 Å². The van der Waals surface area contributed by atoms with Crippen molar-refractivity contribution in [1.29, 1.82) is 0 Å². The highest BCUT2D eigenvalue weighted by Gasteiger charge is 2.13. The van der Waals surface area contributed by atoms with Crippen LogP contribution >= 0.6 is 15.9 Å². The Balaban J connectivity index is 2.72. The second-order valence-corrected chi connectivity index (χ2v) is 6.13. The Morgan fingerprint density at radius 1 is 1.41 bits per heavy atom. The molecule has 0 aliphatic heterocycles. The van der Waals surface area contributed by atoms with Crippen molar-refractivity contribution in [3.63, 3.8) is 0 Å².